The third-order valence-electron chi connectivity index (χ3n) is 3.59. The van der Waals surface area contributed by atoms with E-state index in [-0.39, 0.29) is 0 Å². The molecule has 3 aromatic rings. The fraction of sp³-hybridized carbons (Fsp3) is 0.0500. The molecule has 0 aliphatic rings. The number of nitrogens with zero attached hydrogens (tertiary/aromatic N) is 1. The molecule has 0 unspecified atom stereocenters. The minimum atomic E-state index is 0.691. The molecule has 0 bridgehead atoms. The summed E-state index contributed by atoms with van der Waals surface area (Å²) in [6.07, 6.45) is 0.869. The second-order valence-electron chi connectivity index (χ2n) is 5.12. The molecule has 3 rings (SSSR count). The summed E-state index contributed by atoms with van der Waals surface area (Å²) in [4.78, 5) is 13.1. The third-order valence-corrected chi connectivity index (χ3v) is 3.59. The van der Waals surface area contributed by atoms with Crippen LogP contribution in [0.15, 0.2) is 84.9 Å². The van der Waals surface area contributed by atoms with Gasteiger partial charge in [-0.2, -0.15) is 0 Å². The second kappa shape index (κ2) is 6.72. The molecule has 2 heteroatoms. The first-order chi connectivity index (χ1) is 10.9. The Kier molecular flexibility index (Phi) is 4.30. The number of benzene rings is 3. The van der Waals surface area contributed by atoms with Crippen molar-refractivity contribution >= 4 is 17.7 Å². The van der Waals surface area contributed by atoms with Crippen molar-refractivity contribution in [1.82, 2.24) is 0 Å². The van der Waals surface area contributed by atoms with Crippen LogP contribution in [0.5, 0.6) is 0 Å². The standard InChI is InChI=1S/C20H17NO/c22-16-18-11-13-20(14-12-18)21(19-9-5-2-6-10-19)15-17-7-3-1-4-8-17/h1-14,16H,15H2. The van der Waals surface area contributed by atoms with Crippen LogP contribution in [0.4, 0.5) is 11.4 Å². The molecule has 0 amide bonds. The average molecular weight is 287 g/mol. The molecule has 0 heterocycles. The van der Waals surface area contributed by atoms with E-state index in [4.69, 9.17) is 0 Å². The van der Waals surface area contributed by atoms with E-state index in [1.54, 1.807) is 0 Å². The Labute approximate surface area is 130 Å². The number of anilines is 2. The molecule has 108 valence electrons. The molecule has 0 aromatic heterocycles. The molecule has 0 fully saturated rings. The van der Waals surface area contributed by atoms with Gasteiger partial charge in [0.2, 0.25) is 0 Å². The number of carbonyl (C=O) groups is 1. The van der Waals surface area contributed by atoms with E-state index in [2.05, 4.69) is 29.2 Å². The van der Waals surface area contributed by atoms with Crippen molar-refractivity contribution in [3.63, 3.8) is 0 Å². The summed E-state index contributed by atoms with van der Waals surface area (Å²) in [5.74, 6) is 0. The van der Waals surface area contributed by atoms with Crippen molar-refractivity contribution in [2.75, 3.05) is 4.90 Å². The monoisotopic (exact) mass is 287 g/mol. The zero-order valence-corrected chi connectivity index (χ0v) is 12.2. The Morgan fingerprint density at radius 3 is 1.82 bits per heavy atom. The van der Waals surface area contributed by atoms with Crippen LogP contribution in [0.25, 0.3) is 0 Å². The fourth-order valence-corrected chi connectivity index (χ4v) is 2.44. The fourth-order valence-electron chi connectivity index (χ4n) is 2.44. The van der Waals surface area contributed by atoms with E-state index in [1.165, 1.54) is 5.56 Å². The molecule has 0 aliphatic carbocycles. The Morgan fingerprint density at radius 1 is 0.682 bits per heavy atom. The van der Waals surface area contributed by atoms with Crippen LogP contribution in [0.1, 0.15) is 15.9 Å². The van der Waals surface area contributed by atoms with Gasteiger partial charge in [0, 0.05) is 23.5 Å². The van der Waals surface area contributed by atoms with Gasteiger partial charge in [0.15, 0.2) is 0 Å². The topological polar surface area (TPSA) is 20.3 Å². The molecule has 0 saturated carbocycles. The number of rotatable bonds is 5. The van der Waals surface area contributed by atoms with Crippen molar-refractivity contribution in [3.05, 3.63) is 96.1 Å². The summed E-state index contributed by atoms with van der Waals surface area (Å²) in [6.45, 7) is 0.783. The van der Waals surface area contributed by atoms with Gasteiger partial charge in [-0.15, -0.1) is 0 Å². The molecule has 0 aliphatic heterocycles. The number of hydrogen-bond acceptors (Lipinski definition) is 2. The normalized spacial score (nSPS) is 10.2. The highest BCUT2D eigenvalue weighted by molar-refractivity contribution is 5.76. The molecule has 0 atom stereocenters. The Balaban J connectivity index is 1.96. The highest BCUT2D eigenvalue weighted by atomic mass is 16.1. The Hall–Kier alpha value is -2.87. The molecule has 22 heavy (non-hydrogen) atoms. The van der Waals surface area contributed by atoms with Gasteiger partial charge in [-0.05, 0) is 42.0 Å². The SMILES string of the molecule is O=Cc1ccc(N(Cc2ccccc2)c2ccccc2)cc1. The molecular weight excluding hydrogens is 270 g/mol. The average Bonchev–Trinajstić information content (AvgIpc) is 2.61. The van der Waals surface area contributed by atoms with Crippen molar-refractivity contribution < 1.29 is 4.79 Å². The van der Waals surface area contributed by atoms with Crippen LogP contribution in [0, 0.1) is 0 Å². The lowest BCUT2D eigenvalue weighted by atomic mass is 10.1. The Morgan fingerprint density at radius 2 is 1.23 bits per heavy atom. The van der Waals surface area contributed by atoms with Gasteiger partial charge in [-0.1, -0.05) is 48.5 Å². The molecular formula is C20H17NO. The predicted octanol–water partition coefficient (Wildman–Crippen LogP) is 4.84. The minimum Gasteiger partial charge on any atom is -0.337 e. The van der Waals surface area contributed by atoms with E-state index in [0.717, 1.165) is 24.2 Å². The third kappa shape index (κ3) is 3.23. The largest absolute Gasteiger partial charge is 0.337 e. The van der Waals surface area contributed by atoms with Crippen LogP contribution >= 0.6 is 0 Å². The number of hydrogen-bond donors (Lipinski definition) is 0. The summed E-state index contributed by atoms with van der Waals surface area (Å²) >= 11 is 0. The van der Waals surface area contributed by atoms with Gasteiger partial charge in [0.25, 0.3) is 0 Å². The molecule has 0 saturated heterocycles. The maximum Gasteiger partial charge on any atom is 0.150 e. The molecule has 2 nitrogen and oxygen atoms in total. The number of aldehydes is 1. The van der Waals surface area contributed by atoms with E-state index in [9.17, 15) is 4.79 Å². The smallest absolute Gasteiger partial charge is 0.150 e. The highest BCUT2D eigenvalue weighted by Gasteiger charge is 2.09. The second-order valence-corrected chi connectivity index (χ2v) is 5.12. The van der Waals surface area contributed by atoms with Crippen LogP contribution < -0.4 is 4.90 Å². The summed E-state index contributed by atoms with van der Waals surface area (Å²) in [6, 6.07) is 28.3. The van der Waals surface area contributed by atoms with E-state index >= 15 is 0 Å². The molecule has 0 radical (unpaired) electrons. The Bertz CT molecular complexity index is 721. The van der Waals surface area contributed by atoms with Gasteiger partial charge in [0.05, 0.1) is 0 Å². The van der Waals surface area contributed by atoms with Crippen molar-refractivity contribution in [1.29, 1.82) is 0 Å². The molecule has 3 aromatic carbocycles. The van der Waals surface area contributed by atoms with Gasteiger partial charge < -0.3 is 4.90 Å². The van der Waals surface area contributed by atoms with Crippen molar-refractivity contribution in [2.45, 2.75) is 6.54 Å². The maximum atomic E-state index is 10.8. The number of para-hydroxylation sites is 1. The number of carbonyl (C=O) groups excluding carboxylic acids is 1. The first-order valence-corrected chi connectivity index (χ1v) is 7.28. The van der Waals surface area contributed by atoms with Crippen molar-refractivity contribution in [3.8, 4) is 0 Å². The summed E-state index contributed by atoms with van der Waals surface area (Å²) in [5, 5.41) is 0. The first-order valence-electron chi connectivity index (χ1n) is 7.28. The van der Waals surface area contributed by atoms with Crippen LogP contribution in [0.2, 0.25) is 0 Å². The molecule has 0 N–H and O–H groups in total. The van der Waals surface area contributed by atoms with Gasteiger partial charge in [-0.25, -0.2) is 0 Å². The van der Waals surface area contributed by atoms with E-state index in [0.29, 0.717) is 5.56 Å². The first kappa shape index (κ1) is 14.1. The minimum absolute atomic E-state index is 0.691. The predicted molar refractivity (Wildman–Crippen MR) is 90.6 cm³/mol. The van der Waals surface area contributed by atoms with Crippen molar-refractivity contribution in [2.24, 2.45) is 0 Å². The highest BCUT2D eigenvalue weighted by Crippen LogP contribution is 2.27. The van der Waals surface area contributed by atoms with Gasteiger partial charge >= 0.3 is 0 Å². The van der Waals surface area contributed by atoms with Crippen LogP contribution in [-0.2, 0) is 6.54 Å². The van der Waals surface area contributed by atoms with E-state index in [1.807, 2.05) is 60.7 Å². The van der Waals surface area contributed by atoms with E-state index < -0.39 is 0 Å². The summed E-state index contributed by atoms with van der Waals surface area (Å²) < 4.78 is 0. The van der Waals surface area contributed by atoms with Gasteiger partial charge in [-0.3, -0.25) is 4.79 Å². The molecule has 0 spiro atoms. The summed E-state index contributed by atoms with van der Waals surface area (Å²) in [5.41, 5.74) is 4.13. The zero-order chi connectivity index (χ0) is 15.2. The van der Waals surface area contributed by atoms with Gasteiger partial charge in [0.1, 0.15) is 6.29 Å². The lowest BCUT2D eigenvalue weighted by Gasteiger charge is -2.25. The zero-order valence-electron chi connectivity index (χ0n) is 12.2. The maximum absolute atomic E-state index is 10.8. The lowest BCUT2D eigenvalue weighted by Crippen LogP contribution is -2.16. The quantitative estimate of drug-likeness (QED) is 0.626. The van der Waals surface area contributed by atoms with Crippen LogP contribution in [-0.4, -0.2) is 6.29 Å². The van der Waals surface area contributed by atoms with Crippen LogP contribution in [0.3, 0.4) is 0 Å². The summed E-state index contributed by atoms with van der Waals surface area (Å²) in [7, 11) is 0. The lowest BCUT2D eigenvalue weighted by molar-refractivity contribution is 0.112.